The summed E-state index contributed by atoms with van der Waals surface area (Å²) >= 11 is 0. The highest BCUT2D eigenvalue weighted by Gasteiger charge is 2.05. The Balaban J connectivity index is 2.43. The predicted octanol–water partition coefficient (Wildman–Crippen LogP) is 0.377. The summed E-state index contributed by atoms with van der Waals surface area (Å²) < 4.78 is 24.2. The van der Waals surface area contributed by atoms with Crippen LogP contribution < -0.4 is 21.1 Å². The molecule has 0 fully saturated rings. The van der Waals surface area contributed by atoms with Gasteiger partial charge in [-0.2, -0.15) is 0 Å². The number of primary amides is 1. The highest BCUT2D eigenvalue weighted by Crippen LogP contribution is 2.15. The second-order valence-electron chi connectivity index (χ2n) is 4.45. The number of carbonyl (C=O) groups excluding carboxylic acids is 1. The van der Waals surface area contributed by atoms with Crippen LogP contribution in [0, 0.1) is 0 Å². The van der Waals surface area contributed by atoms with Crippen LogP contribution in [0.2, 0.25) is 0 Å². The Morgan fingerprint density at radius 3 is 2.35 bits per heavy atom. The lowest BCUT2D eigenvalue weighted by Crippen LogP contribution is -2.32. The van der Waals surface area contributed by atoms with Crippen LogP contribution >= 0.6 is 0 Å². The molecule has 0 bridgehead atoms. The first-order valence-corrected chi connectivity index (χ1v) is 8.01. The van der Waals surface area contributed by atoms with Crippen molar-refractivity contribution in [3.8, 4) is 0 Å². The number of hydrogen-bond acceptors (Lipinski definition) is 4. The van der Waals surface area contributed by atoms with Gasteiger partial charge in [0.2, 0.25) is 10.0 Å². The third kappa shape index (κ3) is 6.50. The summed E-state index contributed by atoms with van der Waals surface area (Å²) in [4.78, 5) is 10.7. The molecule has 5 N–H and O–H groups in total. The van der Waals surface area contributed by atoms with Crippen molar-refractivity contribution in [1.29, 1.82) is 0 Å². The molecule has 0 saturated carbocycles. The molecule has 0 saturated heterocycles. The van der Waals surface area contributed by atoms with E-state index in [1.54, 1.807) is 12.1 Å². The Morgan fingerprint density at radius 2 is 1.85 bits per heavy atom. The number of amides is 2. The Labute approximate surface area is 119 Å². The molecule has 7 nitrogen and oxygen atoms in total. The summed E-state index contributed by atoms with van der Waals surface area (Å²) in [5.74, 6) is 0. The molecule has 8 heteroatoms. The van der Waals surface area contributed by atoms with Gasteiger partial charge >= 0.3 is 6.03 Å². The van der Waals surface area contributed by atoms with Gasteiger partial charge in [-0.25, -0.2) is 17.9 Å². The average Bonchev–Trinajstić information content (AvgIpc) is 2.33. The van der Waals surface area contributed by atoms with Crippen molar-refractivity contribution in [2.45, 2.75) is 13.0 Å². The maximum Gasteiger partial charge on any atom is 0.316 e. The van der Waals surface area contributed by atoms with E-state index in [9.17, 15) is 13.2 Å². The highest BCUT2D eigenvalue weighted by atomic mass is 32.2. The van der Waals surface area contributed by atoms with Crippen LogP contribution in [0.1, 0.15) is 18.5 Å². The third-order valence-electron chi connectivity index (χ3n) is 2.62. The fourth-order valence-corrected chi connectivity index (χ4v) is 2.11. The van der Waals surface area contributed by atoms with Gasteiger partial charge in [-0.1, -0.05) is 12.1 Å². The molecule has 20 heavy (non-hydrogen) atoms. The number of nitrogens with two attached hydrogens (primary N) is 1. The van der Waals surface area contributed by atoms with Gasteiger partial charge < -0.3 is 16.4 Å². The quantitative estimate of drug-likeness (QED) is 0.545. The van der Waals surface area contributed by atoms with Crippen molar-refractivity contribution < 1.29 is 13.2 Å². The van der Waals surface area contributed by atoms with E-state index >= 15 is 0 Å². The maximum absolute atomic E-state index is 10.9. The van der Waals surface area contributed by atoms with E-state index in [2.05, 4.69) is 15.4 Å². The van der Waals surface area contributed by atoms with E-state index in [4.69, 9.17) is 5.73 Å². The fraction of sp³-hybridized carbons (Fsp3) is 0.417. The zero-order valence-corrected chi connectivity index (χ0v) is 12.3. The smallest absolute Gasteiger partial charge is 0.316 e. The zero-order valence-electron chi connectivity index (χ0n) is 11.5. The minimum atomic E-state index is -3.15. The SMILES string of the molecule is CC(NCCNS(C)(=O)=O)c1ccc(NC(N)=O)cc1. The van der Waals surface area contributed by atoms with Crippen LogP contribution in [0.4, 0.5) is 10.5 Å². The van der Waals surface area contributed by atoms with Gasteiger partial charge in [0.05, 0.1) is 6.26 Å². The number of anilines is 1. The van der Waals surface area contributed by atoms with Crippen molar-refractivity contribution >= 4 is 21.7 Å². The van der Waals surface area contributed by atoms with Gasteiger partial charge in [-0.15, -0.1) is 0 Å². The molecule has 0 radical (unpaired) electrons. The summed E-state index contributed by atoms with van der Waals surface area (Å²) in [6.07, 6.45) is 1.13. The number of hydrogen-bond donors (Lipinski definition) is 4. The molecule has 0 aliphatic heterocycles. The van der Waals surface area contributed by atoms with Crippen LogP contribution in [0.5, 0.6) is 0 Å². The molecule has 1 rings (SSSR count). The van der Waals surface area contributed by atoms with Gasteiger partial charge in [0.1, 0.15) is 0 Å². The normalized spacial score (nSPS) is 12.9. The molecule has 0 spiro atoms. The molecule has 1 aromatic rings. The number of rotatable bonds is 7. The van der Waals surface area contributed by atoms with Crippen LogP contribution in [0.15, 0.2) is 24.3 Å². The molecule has 0 aliphatic rings. The lowest BCUT2D eigenvalue weighted by molar-refractivity contribution is 0.259. The highest BCUT2D eigenvalue weighted by molar-refractivity contribution is 7.88. The minimum Gasteiger partial charge on any atom is -0.351 e. The van der Waals surface area contributed by atoms with Crippen LogP contribution in [0.3, 0.4) is 0 Å². The monoisotopic (exact) mass is 300 g/mol. The number of urea groups is 1. The first-order chi connectivity index (χ1) is 9.28. The molecule has 0 aliphatic carbocycles. The zero-order chi connectivity index (χ0) is 15.2. The second-order valence-corrected chi connectivity index (χ2v) is 6.29. The number of carbonyl (C=O) groups is 1. The fourth-order valence-electron chi connectivity index (χ4n) is 1.64. The van der Waals surface area contributed by atoms with Crippen molar-refractivity contribution in [1.82, 2.24) is 10.0 Å². The van der Waals surface area contributed by atoms with Crippen LogP contribution in [-0.4, -0.2) is 33.8 Å². The van der Waals surface area contributed by atoms with E-state index in [0.717, 1.165) is 11.8 Å². The van der Waals surface area contributed by atoms with Crippen molar-refractivity contribution in [2.24, 2.45) is 5.73 Å². The van der Waals surface area contributed by atoms with Crippen LogP contribution in [-0.2, 0) is 10.0 Å². The summed E-state index contributed by atoms with van der Waals surface area (Å²) in [5.41, 5.74) is 6.68. The molecular formula is C12H20N4O3S. The summed E-state index contributed by atoms with van der Waals surface area (Å²) in [5, 5.41) is 5.67. The Kier molecular flexibility index (Phi) is 5.93. The van der Waals surface area contributed by atoms with Crippen LogP contribution in [0.25, 0.3) is 0 Å². The van der Waals surface area contributed by atoms with Gasteiger partial charge in [-0.05, 0) is 24.6 Å². The standard InChI is InChI=1S/C12H20N4O3S/c1-9(14-7-8-15-20(2,18)19)10-3-5-11(6-4-10)16-12(13)17/h3-6,9,14-15H,7-8H2,1-2H3,(H3,13,16,17). The van der Waals surface area contributed by atoms with E-state index < -0.39 is 16.1 Å². The lowest BCUT2D eigenvalue weighted by atomic mass is 10.1. The van der Waals surface area contributed by atoms with Gasteiger partial charge in [-0.3, -0.25) is 0 Å². The number of benzene rings is 1. The van der Waals surface area contributed by atoms with Gasteiger partial charge in [0.15, 0.2) is 0 Å². The van der Waals surface area contributed by atoms with E-state index in [1.807, 2.05) is 19.1 Å². The molecule has 1 aromatic carbocycles. The Hall–Kier alpha value is -1.64. The van der Waals surface area contributed by atoms with E-state index in [0.29, 0.717) is 18.8 Å². The average molecular weight is 300 g/mol. The third-order valence-corrected chi connectivity index (χ3v) is 3.35. The summed E-state index contributed by atoms with van der Waals surface area (Å²) in [7, 11) is -3.15. The van der Waals surface area contributed by atoms with E-state index in [1.165, 1.54) is 0 Å². The topological polar surface area (TPSA) is 113 Å². The van der Waals surface area contributed by atoms with Crippen molar-refractivity contribution in [2.75, 3.05) is 24.7 Å². The summed E-state index contributed by atoms with van der Waals surface area (Å²) in [6.45, 7) is 2.83. The van der Waals surface area contributed by atoms with E-state index in [-0.39, 0.29) is 6.04 Å². The van der Waals surface area contributed by atoms with Gasteiger partial charge in [0.25, 0.3) is 0 Å². The Bertz CT molecular complexity index is 542. The second kappa shape index (κ2) is 7.22. The minimum absolute atomic E-state index is 0.0685. The first-order valence-electron chi connectivity index (χ1n) is 6.12. The van der Waals surface area contributed by atoms with Crippen molar-refractivity contribution in [3.05, 3.63) is 29.8 Å². The van der Waals surface area contributed by atoms with Gasteiger partial charge in [0, 0.05) is 24.8 Å². The first kappa shape index (κ1) is 16.4. The molecule has 112 valence electrons. The largest absolute Gasteiger partial charge is 0.351 e. The number of sulfonamides is 1. The molecule has 0 heterocycles. The molecule has 1 unspecified atom stereocenters. The summed E-state index contributed by atoms with van der Waals surface area (Å²) in [6, 6.07) is 6.72. The maximum atomic E-state index is 10.9. The lowest BCUT2D eigenvalue weighted by Gasteiger charge is -2.15. The molecule has 0 aromatic heterocycles. The number of nitrogens with one attached hydrogen (secondary N) is 3. The predicted molar refractivity (Wildman–Crippen MR) is 78.9 cm³/mol. The molecule has 2 amide bonds. The van der Waals surface area contributed by atoms with Crippen molar-refractivity contribution in [3.63, 3.8) is 0 Å². The molecule has 1 atom stereocenters. The Morgan fingerprint density at radius 1 is 1.25 bits per heavy atom. The molecular weight excluding hydrogens is 280 g/mol.